The molecule has 1 heterocycles. The molecule has 0 spiro atoms. The van der Waals surface area contributed by atoms with Gasteiger partial charge in [-0.05, 0) is 30.5 Å². The zero-order valence-electron chi connectivity index (χ0n) is 17.7. The third-order valence-electron chi connectivity index (χ3n) is 4.77. The van der Waals surface area contributed by atoms with Crippen LogP contribution in [0.4, 0.5) is 13.2 Å². The molecule has 1 aromatic heterocycles. The molecule has 1 atom stereocenters. The van der Waals surface area contributed by atoms with E-state index in [2.05, 4.69) is 4.98 Å². The number of rotatable bonds is 10. The zero-order valence-corrected chi connectivity index (χ0v) is 18.5. The van der Waals surface area contributed by atoms with Gasteiger partial charge in [0.25, 0.3) is 15.6 Å². The van der Waals surface area contributed by atoms with Crippen LogP contribution in [-0.4, -0.2) is 36.7 Å². The van der Waals surface area contributed by atoms with Gasteiger partial charge in [0.05, 0.1) is 22.6 Å². The summed E-state index contributed by atoms with van der Waals surface area (Å²) >= 11 is 0. The molecule has 2 rings (SSSR count). The topological polar surface area (TPSA) is 127 Å². The predicted octanol–water partition coefficient (Wildman–Crippen LogP) is 2.44. The second kappa shape index (κ2) is 9.86. The Balaban J connectivity index is 2.62. The number of nitrogens with one attached hydrogen (secondary N) is 2. The zero-order chi connectivity index (χ0) is 24.3. The number of carbonyl (C=O) groups excluding carboxylic acids is 1. The summed E-state index contributed by atoms with van der Waals surface area (Å²) in [4.78, 5) is 40.7. The summed E-state index contributed by atoms with van der Waals surface area (Å²) in [6.07, 6.45) is -4.46. The van der Waals surface area contributed by atoms with Gasteiger partial charge in [0.1, 0.15) is 11.5 Å². The molecule has 0 saturated heterocycles. The molecule has 0 bridgehead atoms. The number of nitrogens with zero attached hydrogens (tertiary/aromatic N) is 1. The van der Waals surface area contributed by atoms with Crippen molar-refractivity contribution in [3.05, 3.63) is 44.1 Å². The summed E-state index contributed by atoms with van der Waals surface area (Å²) in [5.74, 6) is -1.55. The number of aromatic amines is 1. The Morgan fingerprint density at radius 1 is 1.25 bits per heavy atom. The van der Waals surface area contributed by atoms with Crippen molar-refractivity contribution in [2.24, 2.45) is 0 Å². The van der Waals surface area contributed by atoms with Gasteiger partial charge in [0.2, 0.25) is 0 Å². The van der Waals surface area contributed by atoms with E-state index in [1.54, 1.807) is 11.8 Å². The molecule has 0 aliphatic carbocycles. The van der Waals surface area contributed by atoms with Gasteiger partial charge in [-0.1, -0.05) is 20.3 Å². The Morgan fingerprint density at radius 2 is 1.91 bits per heavy atom. The number of benzene rings is 1. The average Bonchev–Trinajstić information content (AvgIpc) is 2.69. The van der Waals surface area contributed by atoms with E-state index in [4.69, 9.17) is 4.74 Å². The number of hydrogen-bond donors (Lipinski definition) is 2. The van der Waals surface area contributed by atoms with Crippen molar-refractivity contribution in [3.63, 3.8) is 0 Å². The summed E-state index contributed by atoms with van der Waals surface area (Å²) in [5, 5.41) is -0.358. The first-order valence-corrected chi connectivity index (χ1v) is 11.4. The summed E-state index contributed by atoms with van der Waals surface area (Å²) in [5.41, 5.74) is -4.32. The molecular weight excluding hydrogens is 455 g/mol. The highest BCUT2D eigenvalue weighted by atomic mass is 32.2. The fourth-order valence-corrected chi connectivity index (χ4v) is 4.30. The second-order valence-corrected chi connectivity index (χ2v) is 8.88. The van der Waals surface area contributed by atoms with Crippen LogP contribution >= 0.6 is 0 Å². The van der Waals surface area contributed by atoms with E-state index in [0.29, 0.717) is 18.9 Å². The number of ether oxygens (including phenoxy) is 1. The molecule has 0 aliphatic heterocycles. The number of Topliss-reactive ketones (excluding diaryl/α,β-unsaturated/α-hetero) is 1. The van der Waals surface area contributed by atoms with Gasteiger partial charge < -0.3 is 9.72 Å². The Hall–Kier alpha value is -2.67. The number of halogens is 3. The Labute approximate surface area is 181 Å². The number of unbranched alkanes of at least 4 members (excludes halogenated alkanes) is 1. The normalized spacial score (nSPS) is 13.3. The first kappa shape index (κ1) is 25.6. The molecule has 13 heteroatoms. The molecule has 1 aromatic carbocycles. The highest BCUT2D eigenvalue weighted by Crippen LogP contribution is 2.37. The average molecular weight is 479 g/mol. The van der Waals surface area contributed by atoms with Crippen molar-refractivity contribution in [1.29, 1.82) is 0 Å². The van der Waals surface area contributed by atoms with E-state index >= 15 is 0 Å². The first-order chi connectivity index (χ1) is 14.8. The maximum atomic E-state index is 13.6. The van der Waals surface area contributed by atoms with E-state index in [1.165, 1.54) is 7.11 Å². The minimum Gasteiger partial charge on any atom is -0.377 e. The van der Waals surface area contributed by atoms with Crippen molar-refractivity contribution in [3.8, 4) is 0 Å². The lowest BCUT2D eigenvalue weighted by atomic mass is 9.97. The summed E-state index contributed by atoms with van der Waals surface area (Å²) in [6.45, 7) is 3.41. The largest absolute Gasteiger partial charge is 0.416 e. The van der Waals surface area contributed by atoms with E-state index in [9.17, 15) is 36.0 Å². The Morgan fingerprint density at radius 3 is 2.44 bits per heavy atom. The first-order valence-electron chi connectivity index (χ1n) is 9.79. The fraction of sp³-hybridized carbons (Fsp3) is 0.526. The maximum absolute atomic E-state index is 13.6. The molecule has 0 aliphatic rings. The number of fused-ring (bicyclic) bond motifs is 1. The van der Waals surface area contributed by atoms with E-state index < -0.39 is 56.2 Å². The van der Waals surface area contributed by atoms with Gasteiger partial charge in [-0.2, -0.15) is 17.8 Å². The van der Waals surface area contributed by atoms with Gasteiger partial charge in [-0.25, -0.2) is 18.0 Å². The van der Waals surface area contributed by atoms with Crippen molar-refractivity contribution >= 4 is 26.7 Å². The van der Waals surface area contributed by atoms with Crippen LogP contribution in [0.3, 0.4) is 0 Å². The van der Waals surface area contributed by atoms with Crippen molar-refractivity contribution in [1.82, 2.24) is 9.66 Å². The number of sulfonamides is 1. The van der Waals surface area contributed by atoms with Gasteiger partial charge in [0.15, 0.2) is 0 Å². The number of carbonyl (C=O) groups is 1. The smallest absolute Gasteiger partial charge is 0.377 e. The van der Waals surface area contributed by atoms with E-state index in [0.717, 1.165) is 6.07 Å². The number of hydrogen-bond acceptors (Lipinski definition) is 6. The molecular formula is C19H24F3N3O6S. The van der Waals surface area contributed by atoms with Crippen LogP contribution in [0.2, 0.25) is 0 Å². The van der Waals surface area contributed by atoms with Crippen LogP contribution in [0.25, 0.3) is 10.9 Å². The van der Waals surface area contributed by atoms with Crippen LogP contribution in [0.1, 0.15) is 56.8 Å². The fourth-order valence-electron chi connectivity index (χ4n) is 3.22. The molecule has 0 radical (unpaired) electrons. The molecule has 2 aromatic rings. The number of methoxy groups -OCH3 is 1. The highest BCUT2D eigenvalue weighted by Gasteiger charge is 2.36. The van der Waals surface area contributed by atoms with E-state index in [1.807, 2.05) is 6.92 Å². The quantitative estimate of drug-likeness (QED) is 0.539. The van der Waals surface area contributed by atoms with Crippen LogP contribution in [0.15, 0.2) is 21.7 Å². The van der Waals surface area contributed by atoms with Gasteiger partial charge >= 0.3 is 11.9 Å². The number of ketones is 1. The molecule has 178 valence electrons. The van der Waals surface area contributed by atoms with Crippen LogP contribution in [-0.2, 0) is 25.7 Å². The standard InChI is InChI=1S/C19H24F3N3O6S/c1-4-6-7-11(26)10-32(29,30)24-25-17(27)13-8-12(16(5-2)31-3)14(19(20,21)22)9-15(13)23-18(25)28/h8-9,16,24H,4-7,10H2,1-3H3,(H,23,28). The minimum atomic E-state index is -4.79. The van der Waals surface area contributed by atoms with Crippen molar-refractivity contribution in [2.75, 3.05) is 17.7 Å². The van der Waals surface area contributed by atoms with Crippen LogP contribution < -0.4 is 16.1 Å². The lowest BCUT2D eigenvalue weighted by molar-refractivity contribution is -0.139. The van der Waals surface area contributed by atoms with Gasteiger partial charge in [-0.3, -0.25) is 9.59 Å². The summed E-state index contributed by atoms with van der Waals surface area (Å²) < 4.78 is 70.4. The third-order valence-corrected chi connectivity index (χ3v) is 5.93. The lowest BCUT2D eigenvalue weighted by Crippen LogP contribution is -2.45. The molecule has 0 amide bonds. The van der Waals surface area contributed by atoms with Gasteiger partial charge in [-0.15, -0.1) is 0 Å². The van der Waals surface area contributed by atoms with E-state index in [-0.39, 0.29) is 28.5 Å². The molecule has 1 unspecified atom stereocenters. The molecule has 32 heavy (non-hydrogen) atoms. The molecule has 0 saturated carbocycles. The van der Waals surface area contributed by atoms with Gasteiger partial charge in [0, 0.05) is 13.5 Å². The SMILES string of the molecule is CCCCC(=O)CS(=O)(=O)Nn1c(=O)[nH]c2cc(C(F)(F)F)c(C(CC)OC)cc2c1=O. The molecule has 9 nitrogen and oxygen atoms in total. The monoisotopic (exact) mass is 479 g/mol. The van der Waals surface area contributed by atoms with Crippen LogP contribution in [0, 0.1) is 0 Å². The molecule has 2 N–H and O–H groups in total. The van der Waals surface area contributed by atoms with Crippen LogP contribution in [0.5, 0.6) is 0 Å². The lowest BCUT2D eigenvalue weighted by Gasteiger charge is -2.20. The van der Waals surface area contributed by atoms with Crippen molar-refractivity contribution in [2.45, 2.75) is 51.8 Å². The number of H-pyrrole nitrogens is 1. The Kier molecular flexibility index (Phi) is 7.88. The summed E-state index contributed by atoms with van der Waals surface area (Å²) in [7, 11) is -3.19. The number of aromatic nitrogens is 2. The highest BCUT2D eigenvalue weighted by molar-refractivity contribution is 7.93. The second-order valence-electron chi connectivity index (χ2n) is 7.18. The minimum absolute atomic E-state index is 0.0133. The Bertz CT molecular complexity index is 1210. The third kappa shape index (κ3) is 5.76. The predicted molar refractivity (Wildman–Crippen MR) is 112 cm³/mol. The number of alkyl halides is 3. The maximum Gasteiger partial charge on any atom is 0.416 e. The molecule has 0 fully saturated rings. The van der Waals surface area contributed by atoms with Crippen molar-refractivity contribution < 1.29 is 31.1 Å². The summed E-state index contributed by atoms with van der Waals surface area (Å²) in [6, 6.07) is 1.54.